The molecule has 9 fully saturated rings. The molecule has 473 valence electrons. The van der Waals surface area contributed by atoms with Crippen molar-refractivity contribution in [3.8, 4) is 0 Å². The van der Waals surface area contributed by atoms with Crippen molar-refractivity contribution in [3.63, 3.8) is 0 Å². The minimum absolute atomic E-state index is 0. The molecule has 81 heavy (non-hydrogen) atoms. The number of rotatable bonds is 32. The number of unbranched alkanes of at least 4 members (excludes halogenated alkanes) is 8. The van der Waals surface area contributed by atoms with Crippen LogP contribution in [0.4, 0.5) is 0 Å². The van der Waals surface area contributed by atoms with Crippen molar-refractivity contribution in [2.75, 3.05) is 52.9 Å². The van der Waals surface area contributed by atoms with Gasteiger partial charge < -0.3 is 37.9 Å². The van der Waals surface area contributed by atoms with Gasteiger partial charge >= 0.3 is 0 Å². The van der Waals surface area contributed by atoms with Gasteiger partial charge in [-0.15, -0.1) is 0 Å². The fraction of sp³-hybridized carbons (Fsp3) is 1.00. The molecule has 0 amide bonds. The van der Waals surface area contributed by atoms with E-state index >= 15 is 0 Å². The second-order valence-electron chi connectivity index (χ2n) is 26.2. The Hall–Kier alpha value is -0.134. The maximum Gasteiger partial charge on any atom is 0.113 e. The monoisotopic (exact) mass is 1190 g/mol. The molecule has 8 N–H and O–H groups in total. The van der Waals surface area contributed by atoms with Crippen molar-refractivity contribution in [2.45, 2.75) is 308 Å². The van der Waals surface area contributed by atoms with Gasteiger partial charge in [0.1, 0.15) is 24.4 Å². The zero-order valence-electron chi connectivity index (χ0n) is 52.1. The summed E-state index contributed by atoms with van der Waals surface area (Å²) in [5.41, 5.74) is 0. The Morgan fingerprint density at radius 1 is 0.235 bits per heavy atom. The number of hydrogen-bond acceptors (Lipinski definition) is 16. The van der Waals surface area contributed by atoms with Crippen LogP contribution in [0.1, 0.15) is 209 Å². The van der Waals surface area contributed by atoms with Gasteiger partial charge in [-0.25, -0.2) is 0 Å². The predicted octanol–water partition coefficient (Wildman–Crippen LogP) is 8.96. The van der Waals surface area contributed by atoms with E-state index in [2.05, 4.69) is 97.9 Å². The Morgan fingerprint density at radius 2 is 0.395 bits per heavy atom. The molecule has 0 spiro atoms. The Labute approximate surface area is 502 Å². The molecular formula is C64H120CoN8O8. The van der Waals surface area contributed by atoms with E-state index in [9.17, 15) is 0 Å². The summed E-state index contributed by atoms with van der Waals surface area (Å²) in [7, 11) is 0. The van der Waals surface area contributed by atoms with E-state index in [1.165, 1.54) is 51.4 Å². The van der Waals surface area contributed by atoms with Gasteiger partial charge in [-0.2, -0.15) is 0 Å². The van der Waals surface area contributed by atoms with Crippen LogP contribution in [0.3, 0.4) is 0 Å². The Bertz CT molecular complexity index is 1620. The molecule has 5 saturated heterocycles. The number of hydrogen-bond donors (Lipinski definition) is 8. The van der Waals surface area contributed by atoms with Crippen molar-refractivity contribution in [1.29, 1.82) is 0 Å². The maximum atomic E-state index is 7.46. The van der Waals surface area contributed by atoms with E-state index in [0.717, 1.165) is 103 Å². The van der Waals surface area contributed by atoms with Crippen LogP contribution >= 0.6 is 0 Å². The van der Waals surface area contributed by atoms with Crippen LogP contribution < -0.4 is 42.5 Å². The molecule has 0 aromatic rings. The molecule has 24 atom stereocenters. The second kappa shape index (κ2) is 34.6. The Balaban J connectivity index is 0.00000860. The van der Waals surface area contributed by atoms with E-state index in [1.54, 1.807) is 0 Å². The standard InChI is InChI=1S/C64H120N8O8.Co/c1-9-17-33-73-49-45-47(51(75-35-19-11-3)55(79-39-23-15-7)53(49)77-37-21-13-5)63-70-61(45)68-59-43-31-27-25-29-41(43)57(66-59)65-58-42-30-26-28-32-44(42)60(67-58)69-62-46-48(64(71-62)72-63)52(76-36-20-12-4)56(80-40-24-16-8)54(78-38-22-14-6)50(46)74-34-18-10-2;/h41-72H,9-40H2,1-8H3;. The predicted molar refractivity (Wildman–Crippen MR) is 317 cm³/mol. The van der Waals surface area contributed by atoms with E-state index in [1.807, 2.05) is 0 Å². The third kappa shape index (κ3) is 16.0. The second-order valence-corrected chi connectivity index (χ2v) is 26.2. The fourth-order valence-electron chi connectivity index (χ4n) is 16.5. The normalized spacial score (nSPS) is 41.8. The molecule has 17 heteroatoms. The average Bonchev–Trinajstić information content (AvgIpc) is 4.42. The smallest absolute Gasteiger partial charge is 0.113 e. The summed E-state index contributed by atoms with van der Waals surface area (Å²) in [6, 6.07) is 0. The van der Waals surface area contributed by atoms with Gasteiger partial charge in [0, 0.05) is 93.3 Å². The molecule has 5 heterocycles. The SMILES string of the molecule is CCCCOC1C(OCCCC)C(OCCCC)C2C3NC(NC4NC(NC5NC(NC6NC(N3)C3C(OCCCC)C(OCCCC)C(OCCCC)C(OCCCC)C63)C3CCCCC53)C3CCCCC43)C2C1OCCCC.[Co]. The first-order valence-electron chi connectivity index (χ1n) is 34.4. The summed E-state index contributed by atoms with van der Waals surface area (Å²) in [4.78, 5) is 0. The van der Waals surface area contributed by atoms with Gasteiger partial charge in [-0.1, -0.05) is 132 Å². The Morgan fingerprint density at radius 3 is 0.580 bits per heavy atom. The Kier molecular flexibility index (Phi) is 28.5. The van der Waals surface area contributed by atoms with Gasteiger partial charge in [-0.05, 0) is 101 Å². The van der Waals surface area contributed by atoms with E-state index < -0.39 is 0 Å². The van der Waals surface area contributed by atoms with Crippen molar-refractivity contribution in [1.82, 2.24) is 42.5 Å². The van der Waals surface area contributed by atoms with Crippen molar-refractivity contribution < 1.29 is 54.7 Å². The maximum absolute atomic E-state index is 7.46. The van der Waals surface area contributed by atoms with Gasteiger partial charge in [0.2, 0.25) is 0 Å². The molecule has 9 aliphatic rings. The summed E-state index contributed by atoms with van der Waals surface area (Å²) in [5, 5.41) is 35.3. The number of nitrogens with one attached hydrogen (secondary N) is 8. The van der Waals surface area contributed by atoms with Crippen molar-refractivity contribution in [2.24, 2.45) is 47.3 Å². The molecule has 4 saturated carbocycles. The minimum Gasteiger partial charge on any atom is -0.375 e. The third-order valence-corrected chi connectivity index (χ3v) is 20.7. The summed E-state index contributed by atoms with van der Waals surface area (Å²) in [6.45, 7) is 23.5. The molecule has 5 aliphatic heterocycles. The molecular weight excluding hydrogens is 1070 g/mol. The van der Waals surface area contributed by atoms with Crippen LogP contribution in [-0.2, 0) is 54.7 Å². The third-order valence-electron chi connectivity index (χ3n) is 20.7. The van der Waals surface area contributed by atoms with Gasteiger partial charge in [0.05, 0.1) is 73.7 Å². The number of fused-ring (bicyclic) bond motifs is 20. The molecule has 8 bridgehead atoms. The van der Waals surface area contributed by atoms with E-state index in [-0.39, 0.29) is 139 Å². The zero-order valence-corrected chi connectivity index (χ0v) is 53.1. The average molecular weight is 1190 g/mol. The van der Waals surface area contributed by atoms with E-state index in [0.29, 0.717) is 76.5 Å². The summed E-state index contributed by atoms with van der Waals surface area (Å²) >= 11 is 0. The molecule has 24 unspecified atom stereocenters. The largest absolute Gasteiger partial charge is 0.375 e. The minimum atomic E-state index is -0.305. The van der Waals surface area contributed by atoms with Crippen molar-refractivity contribution in [3.05, 3.63) is 0 Å². The fourth-order valence-corrected chi connectivity index (χ4v) is 16.5. The van der Waals surface area contributed by atoms with Crippen LogP contribution in [0.25, 0.3) is 0 Å². The van der Waals surface area contributed by atoms with Crippen molar-refractivity contribution >= 4 is 0 Å². The van der Waals surface area contributed by atoms with Crippen LogP contribution in [0, 0.1) is 47.3 Å². The van der Waals surface area contributed by atoms with E-state index in [4.69, 9.17) is 37.9 Å². The molecule has 16 nitrogen and oxygen atoms in total. The van der Waals surface area contributed by atoms with Crippen LogP contribution in [0.2, 0.25) is 0 Å². The summed E-state index contributed by atoms with van der Waals surface area (Å²) in [6.07, 6.45) is 24.4. The molecule has 1 radical (unpaired) electrons. The molecule has 4 aliphatic carbocycles. The van der Waals surface area contributed by atoms with Crippen LogP contribution in [0.15, 0.2) is 0 Å². The van der Waals surface area contributed by atoms with Gasteiger partial charge in [0.25, 0.3) is 0 Å². The molecule has 0 aromatic heterocycles. The zero-order chi connectivity index (χ0) is 55.8. The first kappa shape index (κ1) is 66.8. The molecule has 9 rings (SSSR count). The first-order chi connectivity index (χ1) is 39.4. The summed E-state index contributed by atoms with van der Waals surface area (Å²) in [5.74, 6) is 2.03. The summed E-state index contributed by atoms with van der Waals surface area (Å²) < 4.78 is 58.8. The first-order valence-corrected chi connectivity index (χ1v) is 34.4. The number of ether oxygens (including phenoxy) is 8. The topological polar surface area (TPSA) is 170 Å². The van der Waals surface area contributed by atoms with Crippen LogP contribution in [0.5, 0.6) is 0 Å². The quantitative estimate of drug-likeness (QED) is 0.0300. The molecule has 0 aromatic carbocycles. The van der Waals surface area contributed by atoms with Gasteiger partial charge in [0.15, 0.2) is 0 Å². The van der Waals surface area contributed by atoms with Gasteiger partial charge in [-0.3, -0.25) is 42.5 Å². The van der Waals surface area contributed by atoms with Crippen LogP contribution in [-0.4, -0.2) is 151 Å².